The standard InChI is InChI=1S/C12H16N4O/c1-4-13-10-7-5-6-9(11(10)17-3)12-14-8-16(2)15-12/h5-8,13H,4H2,1-3H3. The lowest BCUT2D eigenvalue weighted by Gasteiger charge is -2.12. The molecule has 0 saturated carbocycles. The first kappa shape index (κ1) is 11.4. The first-order valence-corrected chi connectivity index (χ1v) is 5.53. The van der Waals surface area contributed by atoms with Gasteiger partial charge in [-0.3, -0.25) is 4.68 Å². The molecule has 1 aromatic heterocycles. The molecule has 5 heteroatoms. The number of aryl methyl sites for hydroxylation is 1. The normalized spacial score (nSPS) is 10.3. The quantitative estimate of drug-likeness (QED) is 0.875. The molecule has 0 aliphatic heterocycles. The van der Waals surface area contributed by atoms with E-state index in [-0.39, 0.29) is 0 Å². The fourth-order valence-electron chi connectivity index (χ4n) is 1.73. The third-order valence-corrected chi connectivity index (χ3v) is 2.43. The minimum absolute atomic E-state index is 0.670. The van der Waals surface area contributed by atoms with Crippen molar-refractivity contribution in [2.24, 2.45) is 7.05 Å². The van der Waals surface area contributed by atoms with Crippen LogP contribution in [0.1, 0.15) is 6.92 Å². The van der Waals surface area contributed by atoms with Gasteiger partial charge in [-0.05, 0) is 19.1 Å². The molecule has 0 bridgehead atoms. The van der Waals surface area contributed by atoms with Crippen molar-refractivity contribution in [3.63, 3.8) is 0 Å². The van der Waals surface area contributed by atoms with Crippen molar-refractivity contribution in [1.29, 1.82) is 0 Å². The van der Waals surface area contributed by atoms with Crippen molar-refractivity contribution >= 4 is 5.69 Å². The van der Waals surface area contributed by atoms with Gasteiger partial charge in [0.05, 0.1) is 18.4 Å². The van der Waals surface area contributed by atoms with Crippen molar-refractivity contribution < 1.29 is 4.74 Å². The number of benzene rings is 1. The average molecular weight is 232 g/mol. The lowest BCUT2D eigenvalue weighted by molar-refractivity contribution is 0.418. The number of hydrogen-bond acceptors (Lipinski definition) is 4. The number of nitrogens with one attached hydrogen (secondary N) is 1. The lowest BCUT2D eigenvalue weighted by atomic mass is 10.1. The summed E-state index contributed by atoms with van der Waals surface area (Å²) in [7, 11) is 3.50. The summed E-state index contributed by atoms with van der Waals surface area (Å²) in [4.78, 5) is 4.24. The summed E-state index contributed by atoms with van der Waals surface area (Å²) < 4.78 is 7.12. The molecule has 2 aromatic rings. The molecule has 1 heterocycles. The molecular formula is C12H16N4O. The largest absolute Gasteiger partial charge is 0.494 e. The number of ether oxygens (including phenoxy) is 1. The van der Waals surface area contributed by atoms with E-state index < -0.39 is 0 Å². The molecule has 90 valence electrons. The fraction of sp³-hybridized carbons (Fsp3) is 0.333. The maximum absolute atomic E-state index is 5.44. The summed E-state index contributed by atoms with van der Waals surface area (Å²) in [6, 6.07) is 5.90. The van der Waals surface area contributed by atoms with Crippen molar-refractivity contribution in [2.45, 2.75) is 6.92 Å². The zero-order valence-electron chi connectivity index (χ0n) is 10.3. The number of methoxy groups -OCH3 is 1. The molecule has 0 atom stereocenters. The second kappa shape index (κ2) is 4.86. The van der Waals surface area contributed by atoms with Crippen LogP contribution in [-0.4, -0.2) is 28.4 Å². The van der Waals surface area contributed by atoms with Crippen LogP contribution in [0.4, 0.5) is 5.69 Å². The van der Waals surface area contributed by atoms with Crippen LogP contribution in [-0.2, 0) is 7.05 Å². The van der Waals surface area contributed by atoms with E-state index in [1.165, 1.54) is 0 Å². The maximum atomic E-state index is 5.44. The molecular weight excluding hydrogens is 216 g/mol. The van der Waals surface area contributed by atoms with Crippen LogP contribution in [0.2, 0.25) is 0 Å². The highest BCUT2D eigenvalue weighted by atomic mass is 16.5. The molecule has 0 radical (unpaired) electrons. The summed E-state index contributed by atoms with van der Waals surface area (Å²) in [6.07, 6.45) is 1.68. The molecule has 0 aliphatic carbocycles. The van der Waals surface area contributed by atoms with Crippen LogP contribution in [0, 0.1) is 0 Å². The van der Waals surface area contributed by atoms with E-state index in [0.29, 0.717) is 5.82 Å². The van der Waals surface area contributed by atoms with Crippen molar-refractivity contribution in [3.8, 4) is 17.1 Å². The molecule has 5 nitrogen and oxygen atoms in total. The average Bonchev–Trinajstić information content (AvgIpc) is 2.76. The van der Waals surface area contributed by atoms with Gasteiger partial charge in [0, 0.05) is 13.6 Å². The smallest absolute Gasteiger partial charge is 0.184 e. The number of anilines is 1. The number of aromatic nitrogens is 3. The van der Waals surface area contributed by atoms with Crippen LogP contribution in [0.5, 0.6) is 5.75 Å². The first-order valence-electron chi connectivity index (χ1n) is 5.53. The monoisotopic (exact) mass is 232 g/mol. The summed E-state index contributed by atoms with van der Waals surface area (Å²) in [5.74, 6) is 1.45. The highest BCUT2D eigenvalue weighted by Gasteiger charge is 2.13. The van der Waals surface area contributed by atoms with Crippen LogP contribution in [0.15, 0.2) is 24.5 Å². The molecule has 1 N–H and O–H groups in total. The van der Waals surface area contributed by atoms with Crippen LogP contribution in [0.25, 0.3) is 11.4 Å². The van der Waals surface area contributed by atoms with Crippen molar-refractivity contribution in [2.75, 3.05) is 19.0 Å². The SMILES string of the molecule is CCNc1cccc(-c2ncn(C)n2)c1OC. The Hall–Kier alpha value is -2.04. The molecule has 17 heavy (non-hydrogen) atoms. The van der Waals surface area contributed by atoms with E-state index in [4.69, 9.17) is 4.74 Å². The molecule has 0 unspecified atom stereocenters. The Morgan fingerprint density at radius 3 is 2.82 bits per heavy atom. The number of nitrogens with zero attached hydrogens (tertiary/aromatic N) is 3. The van der Waals surface area contributed by atoms with Gasteiger partial charge in [0.2, 0.25) is 0 Å². The summed E-state index contributed by atoms with van der Waals surface area (Å²) >= 11 is 0. The second-order valence-electron chi connectivity index (χ2n) is 3.66. The van der Waals surface area contributed by atoms with Crippen LogP contribution in [0.3, 0.4) is 0 Å². The number of hydrogen-bond donors (Lipinski definition) is 1. The third-order valence-electron chi connectivity index (χ3n) is 2.43. The summed E-state index contributed by atoms with van der Waals surface area (Å²) in [5.41, 5.74) is 1.85. The molecule has 0 aliphatic rings. The molecule has 2 rings (SSSR count). The Bertz CT molecular complexity index is 507. The topological polar surface area (TPSA) is 52.0 Å². The Balaban J connectivity index is 2.49. The minimum atomic E-state index is 0.670. The Morgan fingerprint density at radius 1 is 1.41 bits per heavy atom. The van der Waals surface area contributed by atoms with Gasteiger partial charge in [-0.15, -0.1) is 0 Å². The van der Waals surface area contributed by atoms with E-state index in [1.807, 2.05) is 32.2 Å². The Kier molecular flexibility index (Phi) is 3.27. The molecule has 1 aromatic carbocycles. The van der Waals surface area contributed by atoms with Gasteiger partial charge in [0.25, 0.3) is 0 Å². The summed E-state index contributed by atoms with van der Waals surface area (Å²) in [5, 5.41) is 7.55. The van der Waals surface area contributed by atoms with Crippen molar-refractivity contribution in [3.05, 3.63) is 24.5 Å². The van der Waals surface area contributed by atoms with E-state index in [2.05, 4.69) is 15.4 Å². The second-order valence-corrected chi connectivity index (χ2v) is 3.66. The predicted octanol–water partition coefficient (Wildman–Crippen LogP) is 1.92. The summed E-state index contributed by atoms with van der Waals surface area (Å²) in [6.45, 7) is 2.89. The van der Waals surface area contributed by atoms with Gasteiger partial charge < -0.3 is 10.1 Å². The van der Waals surface area contributed by atoms with Crippen molar-refractivity contribution in [1.82, 2.24) is 14.8 Å². The zero-order valence-corrected chi connectivity index (χ0v) is 10.3. The first-order chi connectivity index (χ1) is 8.26. The molecule has 0 fully saturated rings. The van der Waals surface area contributed by atoms with E-state index in [9.17, 15) is 0 Å². The maximum Gasteiger partial charge on any atom is 0.184 e. The van der Waals surface area contributed by atoms with E-state index in [1.54, 1.807) is 18.1 Å². The number of rotatable bonds is 4. The predicted molar refractivity (Wildman–Crippen MR) is 67.2 cm³/mol. The molecule has 0 spiro atoms. The van der Waals surface area contributed by atoms with Gasteiger partial charge in [-0.25, -0.2) is 4.98 Å². The zero-order chi connectivity index (χ0) is 12.3. The minimum Gasteiger partial charge on any atom is -0.494 e. The third kappa shape index (κ3) is 2.22. The molecule has 0 saturated heterocycles. The molecule has 0 amide bonds. The van der Waals surface area contributed by atoms with Gasteiger partial charge in [-0.1, -0.05) is 6.07 Å². The Labute approximate surface area is 100 Å². The van der Waals surface area contributed by atoms with Crippen LogP contribution < -0.4 is 10.1 Å². The van der Waals surface area contributed by atoms with Crippen LogP contribution >= 0.6 is 0 Å². The Morgan fingerprint density at radius 2 is 2.24 bits per heavy atom. The highest BCUT2D eigenvalue weighted by molar-refractivity contribution is 5.74. The van der Waals surface area contributed by atoms with E-state index in [0.717, 1.165) is 23.5 Å². The van der Waals surface area contributed by atoms with Gasteiger partial charge in [0.1, 0.15) is 6.33 Å². The van der Waals surface area contributed by atoms with E-state index >= 15 is 0 Å². The number of para-hydroxylation sites is 1. The highest BCUT2D eigenvalue weighted by Crippen LogP contribution is 2.34. The lowest BCUT2D eigenvalue weighted by Crippen LogP contribution is -2.01. The van der Waals surface area contributed by atoms with Gasteiger partial charge >= 0.3 is 0 Å². The fourth-order valence-corrected chi connectivity index (χ4v) is 1.73. The van der Waals surface area contributed by atoms with Gasteiger partial charge in [0.15, 0.2) is 11.6 Å². The van der Waals surface area contributed by atoms with Gasteiger partial charge in [-0.2, -0.15) is 5.10 Å².